The molecular weight excluding hydrogens is 245 g/mol. The van der Waals surface area contributed by atoms with E-state index < -0.39 is 23.7 Å². The highest BCUT2D eigenvalue weighted by molar-refractivity contribution is 5.85. The van der Waals surface area contributed by atoms with Crippen molar-refractivity contribution in [2.45, 2.75) is 31.4 Å². The van der Waals surface area contributed by atoms with Gasteiger partial charge in [0.15, 0.2) is 11.6 Å². The van der Waals surface area contributed by atoms with Crippen LogP contribution in [0.15, 0.2) is 18.2 Å². The fourth-order valence-corrected chi connectivity index (χ4v) is 2.00. The second-order valence-corrected chi connectivity index (χ2v) is 4.42. The molecule has 1 aromatic rings. The molecule has 1 fully saturated rings. The molecule has 1 aliphatic rings. The maximum Gasteiger partial charge on any atom is 0.165 e. The summed E-state index contributed by atoms with van der Waals surface area (Å²) in [5.74, 6) is -0.866. The second kappa shape index (κ2) is 5.67. The van der Waals surface area contributed by atoms with Crippen molar-refractivity contribution in [3.63, 3.8) is 0 Å². The van der Waals surface area contributed by atoms with E-state index in [0.717, 1.165) is 19.3 Å². The van der Waals surface area contributed by atoms with Crippen LogP contribution in [0.5, 0.6) is 5.75 Å². The molecule has 1 aliphatic carbocycles. The highest BCUT2D eigenvalue weighted by Crippen LogP contribution is 2.34. The van der Waals surface area contributed by atoms with E-state index in [0.29, 0.717) is 5.56 Å². The van der Waals surface area contributed by atoms with Gasteiger partial charge in [0.1, 0.15) is 0 Å². The largest absolute Gasteiger partial charge is 0.505 e. The number of nitrogens with two attached hydrogens (primary N) is 1. The van der Waals surface area contributed by atoms with Gasteiger partial charge in [-0.3, -0.25) is 0 Å². The molecule has 0 radical (unpaired) electrons. The number of rotatable bonds is 3. The number of phenolic OH excluding ortho intramolecular Hbond substituents is 1. The summed E-state index contributed by atoms with van der Waals surface area (Å²) < 4.78 is 13.1. The van der Waals surface area contributed by atoms with Crippen molar-refractivity contribution in [1.29, 1.82) is 0 Å². The van der Waals surface area contributed by atoms with Gasteiger partial charge in [-0.05, 0) is 36.5 Å². The van der Waals surface area contributed by atoms with Gasteiger partial charge in [-0.2, -0.15) is 0 Å². The lowest BCUT2D eigenvalue weighted by Crippen LogP contribution is -2.36. The first-order valence-electron chi connectivity index (χ1n) is 5.51. The lowest BCUT2D eigenvalue weighted by atomic mass is 9.77. The van der Waals surface area contributed by atoms with Crippen LogP contribution in [-0.2, 0) is 0 Å². The van der Waals surface area contributed by atoms with Gasteiger partial charge in [0.05, 0.1) is 12.1 Å². The smallest absolute Gasteiger partial charge is 0.165 e. The van der Waals surface area contributed by atoms with E-state index in [9.17, 15) is 9.50 Å². The third-order valence-corrected chi connectivity index (χ3v) is 3.36. The Balaban J connectivity index is 0.00000144. The van der Waals surface area contributed by atoms with E-state index in [1.807, 2.05) is 0 Å². The number of aromatic hydroxyl groups is 1. The van der Waals surface area contributed by atoms with Gasteiger partial charge in [-0.25, -0.2) is 4.39 Å². The summed E-state index contributed by atoms with van der Waals surface area (Å²) in [6, 6.07) is 3.41. The van der Waals surface area contributed by atoms with E-state index in [-0.39, 0.29) is 18.3 Å². The SMILES string of the molecule is Cl.N[C@@H](c1ccc(O)c(F)c1)[C@H](O)C1CCC1. The summed E-state index contributed by atoms with van der Waals surface area (Å²) in [5, 5.41) is 19.0. The summed E-state index contributed by atoms with van der Waals surface area (Å²) in [6.07, 6.45) is 2.46. The molecule has 0 unspecified atom stereocenters. The molecule has 0 aromatic heterocycles. The average molecular weight is 262 g/mol. The van der Waals surface area contributed by atoms with Crippen molar-refractivity contribution in [2.75, 3.05) is 0 Å². The van der Waals surface area contributed by atoms with E-state index in [2.05, 4.69) is 0 Å². The Bertz CT molecular complexity index is 385. The molecule has 0 spiro atoms. The van der Waals surface area contributed by atoms with Gasteiger partial charge >= 0.3 is 0 Å². The highest BCUT2D eigenvalue weighted by Gasteiger charge is 2.30. The molecule has 96 valence electrons. The molecule has 2 atom stereocenters. The van der Waals surface area contributed by atoms with Crippen LogP contribution < -0.4 is 5.73 Å². The zero-order valence-corrected chi connectivity index (χ0v) is 10.2. The lowest BCUT2D eigenvalue weighted by Gasteiger charge is -2.33. The van der Waals surface area contributed by atoms with Gasteiger partial charge in [-0.15, -0.1) is 12.4 Å². The summed E-state index contributed by atoms with van der Waals surface area (Å²) in [4.78, 5) is 0. The number of aliphatic hydroxyl groups excluding tert-OH is 1. The Morgan fingerprint density at radius 1 is 1.35 bits per heavy atom. The second-order valence-electron chi connectivity index (χ2n) is 4.42. The minimum absolute atomic E-state index is 0. The molecule has 4 N–H and O–H groups in total. The van der Waals surface area contributed by atoms with Crippen molar-refractivity contribution in [3.05, 3.63) is 29.6 Å². The summed E-state index contributed by atoms with van der Waals surface area (Å²) in [6.45, 7) is 0. The van der Waals surface area contributed by atoms with Crippen LogP contribution in [0.4, 0.5) is 4.39 Å². The van der Waals surface area contributed by atoms with Crippen molar-refractivity contribution in [3.8, 4) is 5.75 Å². The van der Waals surface area contributed by atoms with Crippen LogP contribution in [0.3, 0.4) is 0 Å². The Hall–Kier alpha value is -0.840. The van der Waals surface area contributed by atoms with Crippen molar-refractivity contribution >= 4 is 12.4 Å². The number of halogens is 2. The Morgan fingerprint density at radius 3 is 2.47 bits per heavy atom. The first-order chi connectivity index (χ1) is 7.59. The molecule has 1 aromatic carbocycles. The number of benzene rings is 1. The third kappa shape index (κ3) is 2.89. The fraction of sp³-hybridized carbons (Fsp3) is 0.500. The lowest BCUT2D eigenvalue weighted by molar-refractivity contribution is 0.0413. The molecule has 0 bridgehead atoms. The minimum Gasteiger partial charge on any atom is -0.505 e. The fourth-order valence-electron chi connectivity index (χ4n) is 2.00. The maximum absolute atomic E-state index is 13.1. The average Bonchev–Trinajstić information content (AvgIpc) is 2.18. The highest BCUT2D eigenvalue weighted by atomic mass is 35.5. The standard InChI is InChI=1S/C12H16FNO2.ClH/c13-9-6-8(4-5-10(9)15)11(14)12(16)7-2-1-3-7;/h4-7,11-12,15-16H,1-3,14H2;1H/t11-,12+;/m0./s1. The molecule has 5 heteroatoms. The molecule has 0 aliphatic heterocycles. The van der Waals surface area contributed by atoms with E-state index in [4.69, 9.17) is 10.8 Å². The Kier molecular flexibility index (Phi) is 4.74. The summed E-state index contributed by atoms with van der Waals surface area (Å²) in [7, 11) is 0. The van der Waals surface area contributed by atoms with Crippen molar-refractivity contribution in [1.82, 2.24) is 0 Å². The molecule has 3 nitrogen and oxygen atoms in total. The monoisotopic (exact) mass is 261 g/mol. The third-order valence-electron chi connectivity index (χ3n) is 3.36. The minimum atomic E-state index is -0.700. The number of hydrogen-bond donors (Lipinski definition) is 3. The first kappa shape index (κ1) is 14.2. The topological polar surface area (TPSA) is 66.5 Å². The van der Waals surface area contributed by atoms with Crippen LogP contribution >= 0.6 is 12.4 Å². The zero-order chi connectivity index (χ0) is 11.7. The Morgan fingerprint density at radius 2 is 2.00 bits per heavy atom. The van der Waals surface area contributed by atoms with Gasteiger partial charge in [0.2, 0.25) is 0 Å². The van der Waals surface area contributed by atoms with Crippen LogP contribution in [-0.4, -0.2) is 16.3 Å². The van der Waals surface area contributed by atoms with Gasteiger partial charge in [0, 0.05) is 0 Å². The van der Waals surface area contributed by atoms with Gasteiger partial charge < -0.3 is 15.9 Å². The van der Waals surface area contributed by atoms with Crippen molar-refractivity contribution in [2.24, 2.45) is 11.7 Å². The predicted molar refractivity (Wildman–Crippen MR) is 65.6 cm³/mol. The van der Waals surface area contributed by atoms with Crippen LogP contribution in [0, 0.1) is 11.7 Å². The van der Waals surface area contributed by atoms with Crippen molar-refractivity contribution < 1.29 is 14.6 Å². The molecule has 0 heterocycles. The molecule has 2 rings (SSSR count). The Labute approximate surface area is 106 Å². The quantitative estimate of drug-likeness (QED) is 0.781. The maximum atomic E-state index is 13.1. The molecule has 1 saturated carbocycles. The molecule has 0 amide bonds. The number of phenols is 1. The van der Waals surface area contributed by atoms with Crippen LogP contribution in [0.1, 0.15) is 30.9 Å². The molecule has 17 heavy (non-hydrogen) atoms. The normalized spacial score (nSPS) is 19.0. The van der Waals surface area contributed by atoms with Crippen LogP contribution in [0.25, 0.3) is 0 Å². The van der Waals surface area contributed by atoms with Gasteiger partial charge in [-0.1, -0.05) is 12.5 Å². The number of hydrogen-bond acceptors (Lipinski definition) is 3. The van der Waals surface area contributed by atoms with Crippen LogP contribution in [0.2, 0.25) is 0 Å². The number of aliphatic hydroxyl groups is 1. The summed E-state index contributed by atoms with van der Waals surface area (Å²) >= 11 is 0. The first-order valence-corrected chi connectivity index (χ1v) is 5.51. The molecular formula is C12H17ClFNO2. The van der Waals surface area contributed by atoms with E-state index >= 15 is 0 Å². The summed E-state index contributed by atoms with van der Waals surface area (Å²) in [5.41, 5.74) is 6.39. The zero-order valence-electron chi connectivity index (χ0n) is 9.34. The van der Waals surface area contributed by atoms with E-state index in [1.54, 1.807) is 6.07 Å². The predicted octanol–water partition coefficient (Wildman–Crippen LogP) is 2.11. The van der Waals surface area contributed by atoms with E-state index in [1.165, 1.54) is 12.1 Å². The molecule has 0 saturated heterocycles. The van der Waals surface area contributed by atoms with Gasteiger partial charge in [0.25, 0.3) is 0 Å².